The number of carbonyl (C=O) groups is 1. The Balaban J connectivity index is 2.37. The summed E-state index contributed by atoms with van der Waals surface area (Å²) in [6.45, 7) is 16.2. The zero-order valence-corrected chi connectivity index (χ0v) is 17.5. The van der Waals surface area contributed by atoms with Crippen LogP contribution in [0.1, 0.15) is 47.0 Å². The van der Waals surface area contributed by atoms with Crippen LogP contribution in [-0.4, -0.2) is 32.9 Å². The zero-order valence-electron chi connectivity index (χ0n) is 16.5. The Hall–Kier alpha value is -0.893. The summed E-state index contributed by atoms with van der Waals surface area (Å²) >= 11 is 0. The van der Waals surface area contributed by atoms with Gasteiger partial charge in [0, 0.05) is 12.3 Å². The smallest absolute Gasteiger partial charge is 0.204 e. The van der Waals surface area contributed by atoms with Crippen molar-refractivity contribution in [2.45, 2.75) is 72.4 Å². The predicted octanol–water partition coefficient (Wildman–Crippen LogP) is 4.59. The number of carbonyl (C=O) groups excluding carboxylic acids is 1. The molecule has 1 aliphatic heterocycles. The minimum absolute atomic E-state index is 0.00610. The van der Waals surface area contributed by atoms with Gasteiger partial charge in [0.2, 0.25) is 5.78 Å². The van der Waals surface area contributed by atoms with Gasteiger partial charge in [-0.1, -0.05) is 45.6 Å². The molecule has 0 spiro atoms. The number of ether oxygens (including phenoxy) is 2. The van der Waals surface area contributed by atoms with Gasteiger partial charge in [-0.05, 0) is 38.0 Å². The first-order chi connectivity index (χ1) is 10.9. The number of hydrogen-bond donors (Lipinski definition) is 0. The fourth-order valence-corrected chi connectivity index (χ4v) is 2.80. The molecule has 0 N–H and O–H groups in total. The molecule has 1 rings (SSSR count). The summed E-state index contributed by atoms with van der Waals surface area (Å²) in [6.07, 6.45) is 6.72. The lowest BCUT2D eigenvalue weighted by Gasteiger charge is -2.34. The molecule has 0 saturated carbocycles. The van der Waals surface area contributed by atoms with Crippen molar-refractivity contribution in [2.75, 3.05) is 13.2 Å². The van der Waals surface area contributed by atoms with E-state index in [2.05, 4.69) is 57.1 Å². The molecule has 0 radical (unpaired) electrons. The second kappa shape index (κ2) is 8.47. The van der Waals surface area contributed by atoms with E-state index >= 15 is 0 Å². The summed E-state index contributed by atoms with van der Waals surface area (Å²) in [6, 6.07) is 0. The molecule has 24 heavy (non-hydrogen) atoms. The van der Waals surface area contributed by atoms with Crippen LogP contribution < -0.4 is 0 Å². The maximum absolute atomic E-state index is 11.9. The van der Waals surface area contributed by atoms with Crippen LogP contribution in [0.2, 0.25) is 19.6 Å². The Labute approximate surface area is 149 Å². The van der Waals surface area contributed by atoms with Gasteiger partial charge in [0.05, 0.1) is 13.2 Å². The van der Waals surface area contributed by atoms with E-state index < -0.39 is 13.9 Å². The van der Waals surface area contributed by atoms with E-state index in [1.165, 1.54) is 0 Å². The molecule has 136 valence electrons. The molecule has 1 fully saturated rings. The highest BCUT2D eigenvalue weighted by Gasteiger charge is 2.27. The van der Waals surface area contributed by atoms with Crippen molar-refractivity contribution in [1.29, 1.82) is 0 Å². The number of hydrogen-bond acceptors (Lipinski definition) is 3. The first-order valence-electron chi connectivity index (χ1n) is 8.90. The SMILES string of the molecule is CC(C)(/C=C/CC1COC(C)(C)OC1)CCC(=O)C#C[Si](C)(C)C. The van der Waals surface area contributed by atoms with Crippen molar-refractivity contribution < 1.29 is 14.3 Å². The minimum Gasteiger partial charge on any atom is -0.350 e. The van der Waals surface area contributed by atoms with E-state index in [1.807, 2.05) is 13.8 Å². The number of Topliss-reactive ketones (excluding diaryl/α,β-unsaturated/α-hetero) is 1. The van der Waals surface area contributed by atoms with E-state index in [4.69, 9.17) is 9.47 Å². The van der Waals surface area contributed by atoms with E-state index in [9.17, 15) is 4.79 Å². The van der Waals surface area contributed by atoms with Crippen LogP contribution in [0.15, 0.2) is 12.2 Å². The highest BCUT2D eigenvalue weighted by atomic mass is 28.3. The Morgan fingerprint density at radius 2 is 1.83 bits per heavy atom. The molecule has 3 nitrogen and oxygen atoms in total. The van der Waals surface area contributed by atoms with Gasteiger partial charge in [-0.25, -0.2) is 0 Å². The molecule has 0 bridgehead atoms. The fraction of sp³-hybridized carbons (Fsp3) is 0.750. The van der Waals surface area contributed by atoms with Gasteiger partial charge < -0.3 is 9.47 Å². The average Bonchev–Trinajstić information content (AvgIpc) is 2.44. The van der Waals surface area contributed by atoms with Crippen molar-refractivity contribution in [3.8, 4) is 11.5 Å². The van der Waals surface area contributed by atoms with Gasteiger partial charge in [0.15, 0.2) is 5.79 Å². The summed E-state index contributed by atoms with van der Waals surface area (Å²) in [5.74, 6) is 2.86. The van der Waals surface area contributed by atoms with Gasteiger partial charge in [0.25, 0.3) is 0 Å². The first-order valence-corrected chi connectivity index (χ1v) is 12.4. The monoisotopic (exact) mass is 350 g/mol. The van der Waals surface area contributed by atoms with E-state index in [-0.39, 0.29) is 11.2 Å². The van der Waals surface area contributed by atoms with Gasteiger partial charge >= 0.3 is 0 Å². The van der Waals surface area contributed by atoms with Crippen LogP contribution in [0.25, 0.3) is 0 Å². The molecular formula is C20H34O3Si. The lowest BCUT2D eigenvalue weighted by Crippen LogP contribution is -2.39. The van der Waals surface area contributed by atoms with Gasteiger partial charge in [-0.15, -0.1) is 5.54 Å². The van der Waals surface area contributed by atoms with Crippen molar-refractivity contribution in [3.63, 3.8) is 0 Å². The Bertz CT molecular complexity index is 505. The summed E-state index contributed by atoms with van der Waals surface area (Å²) in [4.78, 5) is 11.9. The Kier molecular flexibility index (Phi) is 7.46. The Morgan fingerprint density at radius 3 is 2.38 bits per heavy atom. The molecule has 1 saturated heterocycles. The standard InChI is InChI=1S/C20H34O3Si/c1-19(2,13-10-18(21)11-14-24(5,6)7)12-8-9-17-15-22-20(3,4)23-16-17/h8,12,17H,9-10,13,15-16H2,1-7H3/b12-8+. The zero-order chi connectivity index (χ0) is 18.4. The molecule has 1 aliphatic rings. The first kappa shape index (κ1) is 21.2. The molecule has 0 amide bonds. The maximum atomic E-state index is 11.9. The third-order valence-electron chi connectivity index (χ3n) is 3.95. The number of rotatable bonds is 6. The maximum Gasteiger partial charge on any atom is 0.204 e. The molecular weight excluding hydrogens is 316 g/mol. The molecule has 4 heteroatoms. The lowest BCUT2D eigenvalue weighted by molar-refractivity contribution is -0.261. The van der Waals surface area contributed by atoms with E-state index in [0.29, 0.717) is 12.3 Å². The van der Waals surface area contributed by atoms with Crippen molar-refractivity contribution in [3.05, 3.63) is 12.2 Å². The molecule has 1 heterocycles. The summed E-state index contributed by atoms with van der Waals surface area (Å²) < 4.78 is 11.4. The second-order valence-corrected chi connectivity index (χ2v) is 13.7. The fourth-order valence-electron chi connectivity index (χ4n) is 2.28. The lowest BCUT2D eigenvalue weighted by atomic mass is 9.86. The number of allylic oxidation sites excluding steroid dienone is 2. The highest BCUT2D eigenvalue weighted by molar-refractivity contribution is 6.84. The van der Waals surface area contributed by atoms with Crippen LogP contribution in [-0.2, 0) is 14.3 Å². The average molecular weight is 351 g/mol. The third kappa shape index (κ3) is 9.41. The van der Waals surface area contributed by atoms with Crippen LogP contribution in [0.5, 0.6) is 0 Å². The van der Waals surface area contributed by atoms with Crippen LogP contribution in [0.4, 0.5) is 0 Å². The molecule has 0 aromatic carbocycles. The summed E-state index contributed by atoms with van der Waals surface area (Å²) in [5.41, 5.74) is 3.15. The third-order valence-corrected chi connectivity index (χ3v) is 4.82. The summed E-state index contributed by atoms with van der Waals surface area (Å²) in [7, 11) is -1.47. The molecule has 0 aromatic rings. The van der Waals surface area contributed by atoms with Gasteiger partial charge in [0.1, 0.15) is 8.07 Å². The van der Waals surface area contributed by atoms with Gasteiger partial charge in [-0.2, -0.15) is 0 Å². The predicted molar refractivity (Wildman–Crippen MR) is 102 cm³/mol. The molecule has 0 atom stereocenters. The van der Waals surface area contributed by atoms with Crippen LogP contribution in [0.3, 0.4) is 0 Å². The quantitative estimate of drug-likeness (QED) is 0.399. The van der Waals surface area contributed by atoms with Crippen LogP contribution in [0, 0.1) is 22.8 Å². The van der Waals surface area contributed by atoms with Crippen molar-refractivity contribution in [2.24, 2.45) is 11.3 Å². The normalized spacial score (nSPS) is 19.1. The van der Waals surface area contributed by atoms with E-state index in [1.54, 1.807) is 0 Å². The van der Waals surface area contributed by atoms with E-state index in [0.717, 1.165) is 26.1 Å². The largest absolute Gasteiger partial charge is 0.350 e. The highest BCUT2D eigenvalue weighted by Crippen LogP contribution is 2.26. The topological polar surface area (TPSA) is 35.5 Å². The molecule has 0 aliphatic carbocycles. The van der Waals surface area contributed by atoms with Crippen LogP contribution >= 0.6 is 0 Å². The minimum atomic E-state index is -1.47. The second-order valence-electron chi connectivity index (χ2n) is 8.94. The van der Waals surface area contributed by atoms with Crippen molar-refractivity contribution in [1.82, 2.24) is 0 Å². The summed E-state index contributed by atoms with van der Waals surface area (Å²) in [5, 5.41) is 0. The number of ketones is 1. The van der Waals surface area contributed by atoms with Crippen molar-refractivity contribution >= 4 is 13.9 Å². The molecule has 0 aromatic heterocycles. The Morgan fingerprint density at radius 1 is 1.25 bits per heavy atom. The molecule has 0 unspecified atom stereocenters. The van der Waals surface area contributed by atoms with Gasteiger partial charge in [-0.3, -0.25) is 4.79 Å².